The molecule has 0 saturated carbocycles. The fourth-order valence-electron chi connectivity index (χ4n) is 15.5. The fourth-order valence-corrected chi connectivity index (χ4v) is 21.3. The molecule has 127 heavy (non-hydrogen) atoms. The van der Waals surface area contributed by atoms with E-state index in [1.807, 2.05) is 44.1 Å². The van der Waals surface area contributed by atoms with Crippen molar-refractivity contribution in [2.24, 2.45) is 5.73 Å². The predicted molar refractivity (Wildman–Crippen MR) is 477 cm³/mol. The number of carbonyl (C=O) groups is 11. The van der Waals surface area contributed by atoms with E-state index < -0.39 is 197 Å². The highest BCUT2D eigenvalue weighted by molar-refractivity contribution is 8.76. The van der Waals surface area contributed by atoms with Crippen LogP contribution in [0.15, 0.2) is 135 Å². The third kappa shape index (κ3) is 26.4. The van der Waals surface area contributed by atoms with Crippen LogP contribution in [0.2, 0.25) is 0 Å². The fraction of sp³-hybridized carbons (Fsp3) is 0.444. The maximum atomic E-state index is 14.8. The number of aliphatic carboxylic acids is 1. The number of carboxylic acids is 1. The van der Waals surface area contributed by atoms with Gasteiger partial charge in [0.25, 0.3) is 40.5 Å². The van der Waals surface area contributed by atoms with Gasteiger partial charge < -0.3 is 74.2 Å². The summed E-state index contributed by atoms with van der Waals surface area (Å²) in [4.78, 5) is 153. The number of rotatable bonds is 29. The molecule has 10 amide bonds. The van der Waals surface area contributed by atoms with Crippen molar-refractivity contribution in [1.82, 2.24) is 58.5 Å². The number of unbranched alkanes of at least 4 members (excludes halogenated alkanes) is 3. The number of benzene rings is 5. The number of hydrogen-bond donors (Lipinski definition) is 18. The van der Waals surface area contributed by atoms with Gasteiger partial charge in [0.15, 0.2) is 11.7 Å². The van der Waals surface area contributed by atoms with E-state index in [1.165, 1.54) is 12.1 Å². The van der Waals surface area contributed by atoms with Gasteiger partial charge in [-0.3, -0.25) is 76.4 Å². The molecular formula is C81H104N15O24S7+. The zero-order chi connectivity index (χ0) is 93.3. The van der Waals surface area contributed by atoms with Gasteiger partial charge in [0.05, 0.1) is 33.9 Å². The first-order chi connectivity index (χ1) is 59.7. The highest BCUT2D eigenvalue weighted by Gasteiger charge is 2.47. The molecule has 4 heterocycles. The smallest absolute Gasteiger partial charge is 0.305 e. The van der Waals surface area contributed by atoms with Crippen LogP contribution in [0.3, 0.4) is 0 Å². The van der Waals surface area contributed by atoms with Crippen molar-refractivity contribution < 1.29 is 114 Å². The van der Waals surface area contributed by atoms with E-state index in [0.29, 0.717) is 77.4 Å². The summed E-state index contributed by atoms with van der Waals surface area (Å²) in [6, 6.07) is 7.47. The first-order valence-corrected chi connectivity index (χ1v) is 49.8. The topological polar surface area (TPSA) is 614 Å². The first-order valence-electron chi connectivity index (χ1n) is 40.4. The van der Waals surface area contributed by atoms with Crippen molar-refractivity contribution in [3.05, 3.63) is 132 Å². The van der Waals surface area contributed by atoms with Crippen LogP contribution in [0.4, 0.5) is 11.4 Å². The number of anilines is 1. The Labute approximate surface area is 746 Å². The molecule has 2 fully saturated rings. The Balaban J connectivity index is 0.929. The van der Waals surface area contributed by atoms with Crippen molar-refractivity contribution >= 4 is 183 Å². The Morgan fingerprint density at radius 3 is 1.73 bits per heavy atom. The lowest BCUT2D eigenvalue weighted by Gasteiger charge is -2.27. The molecule has 4 aliphatic rings. The molecule has 2 saturated heterocycles. The molecule has 688 valence electrons. The lowest BCUT2D eigenvalue weighted by molar-refractivity contribution is -0.433. The number of fused-ring (bicyclic) bond motifs is 11. The highest BCUT2D eigenvalue weighted by atomic mass is 33.1. The molecule has 4 aliphatic heterocycles. The van der Waals surface area contributed by atoms with Gasteiger partial charge in [-0.25, -0.2) is 0 Å². The molecule has 0 radical (unpaired) electrons. The van der Waals surface area contributed by atoms with Crippen molar-refractivity contribution in [2.45, 2.75) is 185 Å². The summed E-state index contributed by atoms with van der Waals surface area (Å²) in [6.45, 7) is 10.8. The van der Waals surface area contributed by atoms with Crippen LogP contribution in [-0.2, 0) is 110 Å². The zero-order valence-corrected chi connectivity index (χ0v) is 75.8. The van der Waals surface area contributed by atoms with Crippen LogP contribution < -0.4 is 69.1 Å². The van der Waals surface area contributed by atoms with E-state index >= 15 is 0 Å². The van der Waals surface area contributed by atoms with Crippen molar-refractivity contribution in [3.63, 3.8) is 0 Å². The molecule has 1 unspecified atom stereocenters. The van der Waals surface area contributed by atoms with Gasteiger partial charge in [-0.2, -0.15) is 38.2 Å². The number of amides is 10. The lowest BCUT2D eigenvalue weighted by atomic mass is 9.79. The molecule has 9 rings (SSSR count). The second-order valence-electron chi connectivity index (χ2n) is 31.3. The van der Waals surface area contributed by atoms with Gasteiger partial charge in [-0.15, -0.1) is 11.8 Å². The standard InChI is InChI=1S/C81H103N15O24S7/c1-7-84-73(103)57-42-121-45-68(99)88-54(74(104)93-58-43-122-123-44-59(78(108)91-55(75(105)92-57)35-46-21-12-9-13-22-46)94-76(106)56(40-69(100)101)89-67(98)41-87-72(102)53(90-77(58)107)24-20-33-86-79(82)83)23-17-18-32-85-66(97)27-16-11-19-34-96-61-31-29-50-52(37-48(125(112,113)114)39-63(50)127(118,119)120)71(61)81(5,6)65(96)26-15-10-14-25-64-80(3,4)70-51-36-47(124(109,110)111)38-62(126(115,116)117)49(51)28-30-60(70)95(64)8-2/h9-10,12-15,21-22,25-26,28-31,36-39,53-59H,7-8,11,16-20,23-24,27,32-35,40-45H2,1-6H3,(H18-,82,83,84,85,86,87,88,89,90,91,92,93,94,97,98,99,100,101,102,103,104,105,106,107,108,109,110,111,112,113,114,115,116,117,118,119,120)/p+1/t53-,54-,55?,56-,57-,58-,59-/m0/s1. The molecule has 7 atom stereocenters. The van der Waals surface area contributed by atoms with Gasteiger partial charge in [-0.05, 0) is 137 Å². The minimum atomic E-state index is -5.11. The minimum Gasteiger partial charge on any atom is -0.481 e. The maximum Gasteiger partial charge on any atom is 0.305 e. The van der Waals surface area contributed by atoms with Crippen LogP contribution in [0.5, 0.6) is 0 Å². The van der Waals surface area contributed by atoms with Crippen LogP contribution in [0.1, 0.15) is 122 Å². The summed E-state index contributed by atoms with van der Waals surface area (Å²) in [5.74, 6) is -11.9. The molecule has 0 spiro atoms. The van der Waals surface area contributed by atoms with Gasteiger partial charge in [0, 0.05) is 102 Å². The number of likely N-dealkylation sites (N-methyl/N-ethyl adjacent to an activating group) is 1. The lowest BCUT2D eigenvalue weighted by Crippen LogP contribution is -2.60. The van der Waals surface area contributed by atoms with E-state index in [0.717, 1.165) is 45.5 Å². The summed E-state index contributed by atoms with van der Waals surface area (Å²) < 4.78 is 145. The SMILES string of the molecule is CCNC(=O)[C@@H]1CSCC(=O)N[C@@H](CCCCNC(=O)CCCCCN2/C(=C/C=C/C=C/C3=[N+](CC)c4ccc5c(S(=O)(=O)O)cc(S(=O)(=O)O)cc5c4C3(C)C)C(C)(C)c3c2ccc2c(S(=O)(=O)O)cc(S(=O)(=O)O)cc32)C(=O)N[C@H]2CSSC[C@H](NC(=O)[C@H](CC(=O)O)NC(=O)CNC(=O)[C@H](CCCNC(=N)N)NC2=O)C(=O)NC(Cc2ccccc2)C(=O)N1. The average Bonchev–Trinajstić information content (AvgIpc) is 1.57. The monoisotopic (exact) mass is 1890 g/mol. The minimum absolute atomic E-state index is 0.0104. The number of nitrogens with two attached hydrogens (primary N) is 1. The molecular weight excluding hydrogens is 1790 g/mol. The number of carboxylic acid groups (broad SMARTS) is 1. The molecule has 39 nitrogen and oxygen atoms in total. The molecule has 5 aromatic carbocycles. The van der Waals surface area contributed by atoms with Gasteiger partial charge >= 0.3 is 5.97 Å². The number of allylic oxidation sites excluding steroid dienone is 6. The molecule has 0 aliphatic carbocycles. The van der Waals surface area contributed by atoms with Crippen molar-refractivity contribution in [2.75, 3.05) is 67.2 Å². The van der Waals surface area contributed by atoms with Gasteiger partial charge in [-0.1, -0.05) is 96.5 Å². The normalized spacial score (nSPS) is 21.3. The third-order valence-corrected chi connectivity index (χ3v) is 28.4. The molecule has 5 aromatic rings. The van der Waals surface area contributed by atoms with Crippen molar-refractivity contribution in [1.29, 1.82) is 5.41 Å². The number of carbonyl (C=O) groups excluding carboxylic acids is 10. The largest absolute Gasteiger partial charge is 0.481 e. The quantitative estimate of drug-likeness (QED) is 0.00622. The second-order valence-corrected chi connectivity index (χ2v) is 40.6. The van der Waals surface area contributed by atoms with E-state index in [9.17, 15) is 110 Å². The van der Waals surface area contributed by atoms with E-state index in [4.69, 9.17) is 11.1 Å². The van der Waals surface area contributed by atoms with Gasteiger partial charge in [0.1, 0.15) is 58.6 Å². The van der Waals surface area contributed by atoms with Crippen LogP contribution in [0.25, 0.3) is 21.5 Å². The van der Waals surface area contributed by atoms with E-state index in [1.54, 1.807) is 79.8 Å². The van der Waals surface area contributed by atoms with Gasteiger partial charge in [0.2, 0.25) is 64.8 Å². The summed E-state index contributed by atoms with van der Waals surface area (Å²) >= 11 is 0.898. The number of thioether (sulfide) groups is 1. The Hall–Kier alpha value is -10.6. The van der Waals surface area contributed by atoms with E-state index in [-0.39, 0.29) is 116 Å². The molecule has 2 bridgehead atoms. The molecule has 46 heteroatoms. The number of guanidine groups is 1. The highest BCUT2D eigenvalue weighted by Crippen LogP contribution is 2.52. The Kier molecular flexibility index (Phi) is 34.3. The summed E-state index contributed by atoms with van der Waals surface area (Å²) in [6.07, 6.45) is 9.07. The van der Waals surface area contributed by atoms with Crippen molar-refractivity contribution in [3.8, 4) is 0 Å². The van der Waals surface area contributed by atoms with Crippen LogP contribution in [-0.4, -0.2) is 243 Å². The van der Waals surface area contributed by atoms with Crippen LogP contribution in [0, 0.1) is 5.41 Å². The summed E-state index contributed by atoms with van der Waals surface area (Å²) in [5.41, 5.74) is 7.33. The zero-order valence-electron chi connectivity index (χ0n) is 70.1. The Bertz CT molecular complexity index is 5740. The maximum absolute atomic E-state index is 14.8. The van der Waals surface area contributed by atoms with Crippen LogP contribution >= 0.6 is 33.3 Å². The molecule has 0 aromatic heterocycles. The average molecular weight is 1900 g/mol. The molecule has 19 N–H and O–H groups in total. The summed E-state index contributed by atoms with van der Waals surface area (Å²) in [5, 5.41) is 46.2. The number of nitrogens with zero attached hydrogens (tertiary/aromatic N) is 2. The number of nitrogens with one attached hydrogen (secondary N) is 12. The summed E-state index contributed by atoms with van der Waals surface area (Å²) in [7, 11) is -18.4. The third-order valence-electron chi connectivity index (χ3n) is 21.5. The second kappa shape index (κ2) is 43.5. The number of hydrogen-bond acceptors (Lipinski definition) is 24. The van der Waals surface area contributed by atoms with E-state index in [2.05, 4.69) is 58.5 Å². The first kappa shape index (κ1) is 100. The Morgan fingerprint density at radius 1 is 0.575 bits per heavy atom. The predicted octanol–water partition coefficient (Wildman–Crippen LogP) is 2.79. The Morgan fingerprint density at radius 2 is 1.14 bits per heavy atom.